The minimum Gasteiger partial charge on any atom is -0.366 e. The Bertz CT molecular complexity index is 1410. The first-order valence-corrected chi connectivity index (χ1v) is 14.6. The molecule has 14 heteroatoms. The first kappa shape index (κ1) is 26.8. The first-order valence-electron chi connectivity index (χ1n) is 12.3. The molecule has 1 aromatic carbocycles. The number of hydrogen-bond acceptors (Lipinski definition) is 9. The molecule has 3 atom stereocenters. The second-order valence-electron chi connectivity index (χ2n) is 9.79. The van der Waals surface area contributed by atoms with Crippen LogP contribution in [-0.4, -0.2) is 60.2 Å². The third kappa shape index (κ3) is 6.07. The molecule has 2 fully saturated rings. The Morgan fingerprint density at radius 1 is 1.13 bits per heavy atom. The summed E-state index contributed by atoms with van der Waals surface area (Å²) in [5.74, 6) is -0.415. The summed E-state index contributed by atoms with van der Waals surface area (Å²) in [6.07, 6.45) is -1.33. The molecule has 3 unspecified atom stereocenters. The summed E-state index contributed by atoms with van der Waals surface area (Å²) < 4.78 is 66.7. The van der Waals surface area contributed by atoms with E-state index in [9.17, 15) is 26.4 Å². The minimum atomic E-state index is -4.45. The van der Waals surface area contributed by atoms with E-state index in [1.807, 2.05) is 24.3 Å². The maximum Gasteiger partial charge on any atom is 0.405 e. The number of carbonyl (C=O) groups is 1. The van der Waals surface area contributed by atoms with Crippen LogP contribution in [0.2, 0.25) is 0 Å². The third-order valence-corrected chi connectivity index (χ3v) is 9.76. The van der Waals surface area contributed by atoms with Gasteiger partial charge in [0.25, 0.3) is 0 Å². The fourth-order valence-electron chi connectivity index (χ4n) is 4.74. The molecule has 2 aliphatic carbocycles. The molecule has 0 spiro atoms. The van der Waals surface area contributed by atoms with Crippen molar-refractivity contribution in [1.82, 2.24) is 19.7 Å². The molecule has 38 heavy (non-hydrogen) atoms. The Morgan fingerprint density at radius 3 is 2.58 bits per heavy atom. The number of nitrogens with zero attached hydrogens (tertiary/aromatic N) is 3. The number of nitrogens with one attached hydrogen (secondary N) is 3. The number of thiazole rings is 1. The number of aldehydes is 1. The molecular formula is C24H27F3N6O3S2. The SMILES string of the molecule is Cc1nc(NCC(F)(F)F)nc(NC2CC(CNS(=O)(=O)C3CC3)CC2C=O)c1-c1nc2ccccc2s1. The summed E-state index contributed by atoms with van der Waals surface area (Å²) in [4.78, 5) is 25.2. The number of anilines is 2. The average Bonchev–Trinajstić information content (AvgIpc) is 3.53. The van der Waals surface area contributed by atoms with E-state index in [-0.39, 0.29) is 35.5 Å². The van der Waals surface area contributed by atoms with Gasteiger partial charge in [0, 0.05) is 18.5 Å². The molecule has 0 saturated heterocycles. The number of halogens is 3. The summed E-state index contributed by atoms with van der Waals surface area (Å²) in [5, 5.41) is 5.78. The van der Waals surface area contributed by atoms with Gasteiger partial charge in [0.15, 0.2) is 0 Å². The van der Waals surface area contributed by atoms with Crippen LogP contribution in [0, 0.1) is 18.8 Å². The molecule has 2 saturated carbocycles. The van der Waals surface area contributed by atoms with Gasteiger partial charge in [-0.05, 0) is 50.7 Å². The number of hydrogen-bond donors (Lipinski definition) is 3. The van der Waals surface area contributed by atoms with Gasteiger partial charge in [0.1, 0.15) is 23.7 Å². The highest BCUT2D eigenvalue weighted by Gasteiger charge is 2.39. The Hall–Kier alpha value is -2.84. The van der Waals surface area contributed by atoms with Gasteiger partial charge in [0.2, 0.25) is 16.0 Å². The maximum atomic E-state index is 12.9. The van der Waals surface area contributed by atoms with Crippen LogP contribution in [0.1, 0.15) is 31.4 Å². The standard InChI is InChI=1S/C24H27F3N6O3S2/c1-13-20(22-32-17-4-2-3-5-19(17)37-22)21(33-23(30-13)28-12-24(25,26)27)31-18-9-14(8-15(18)11-34)10-29-38(35,36)16-6-7-16/h2-5,11,14-16,18,29H,6-10,12H2,1H3,(H2,28,30,31,33). The van der Waals surface area contributed by atoms with E-state index in [4.69, 9.17) is 0 Å². The molecular weight excluding hydrogens is 541 g/mol. The zero-order valence-electron chi connectivity index (χ0n) is 20.5. The number of benzene rings is 1. The number of aromatic nitrogens is 3. The van der Waals surface area contributed by atoms with Gasteiger partial charge in [-0.1, -0.05) is 12.1 Å². The van der Waals surface area contributed by atoms with Crippen molar-refractivity contribution in [1.29, 1.82) is 0 Å². The van der Waals surface area contributed by atoms with Gasteiger partial charge >= 0.3 is 6.18 Å². The Kier molecular flexibility index (Phi) is 7.31. The van der Waals surface area contributed by atoms with Crippen molar-refractivity contribution >= 4 is 49.6 Å². The van der Waals surface area contributed by atoms with Crippen LogP contribution in [-0.2, 0) is 14.8 Å². The van der Waals surface area contributed by atoms with E-state index in [1.165, 1.54) is 11.3 Å². The summed E-state index contributed by atoms with van der Waals surface area (Å²) in [7, 11) is -3.35. The molecule has 2 aromatic heterocycles. The lowest BCUT2D eigenvalue weighted by Crippen LogP contribution is -2.31. The van der Waals surface area contributed by atoms with Crippen LogP contribution >= 0.6 is 11.3 Å². The lowest BCUT2D eigenvalue weighted by atomic mass is 10.0. The van der Waals surface area contributed by atoms with Gasteiger partial charge in [-0.25, -0.2) is 23.1 Å². The smallest absolute Gasteiger partial charge is 0.366 e. The van der Waals surface area contributed by atoms with Crippen molar-refractivity contribution in [3.8, 4) is 10.6 Å². The highest BCUT2D eigenvalue weighted by Crippen LogP contribution is 2.39. The summed E-state index contributed by atoms with van der Waals surface area (Å²) in [6, 6.07) is 7.15. The fraction of sp³-hybridized carbons (Fsp3) is 0.500. The molecule has 3 N–H and O–H groups in total. The van der Waals surface area contributed by atoms with Crippen LogP contribution in [0.15, 0.2) is 24.3 Å². The van der Waals surface area contributed by atoms with Crippen molar-refractivity contribution < 1.29 is 26.4 Å². The van der Waals surface area contributed by atoms with E-state index >= 15 is 0 Å². The quantitative estimate of drug-likeness (QED) is 0.312. The first-order chi connectivity index (χ1) is 18.0. The van der Waals surface area contributed by atoms with Crippen molar-refractivity contribution in [3.05, 3.63) is 30.0 Å². The number of alkyl halides is 3. The molecule has 3 aromatic rings. The normalized spacial score (nSPS) is 22.1. The van der Waals surface area contributed by atoms with Crippen LogP contribution in [0.25, 0.3) is 20.8 Å². The monoisotopic (exact) mass is 568 g/mol. The van der Waals surface area contributed by atoms with Crippen LogP contribution in [0.4, 0.5) is 24.9 Å². The highest BCUT2D eigenvalue weighted by atomic mass is 32.2. The van der Waals surface area contributed by atoms with Crippen molar-refractivity contribution in [2.75, 3.05) is 23.7 Å². The molecule has 2 heterocycles. The average molecular weight is 569 g/mol. The predicted molar refractivity (Wildman–Crippen MR) is 140 cm³/mol. The number of carbonyl (C=O) groups excluding carboxylic acids is 1. The lowest BCUT2D eigenvalue weighted by Gasteiger charge is -2.21. The molecule has 9 nitrogen and oxygen atoms in total. The lowest BCUT2D eigenvalue weighted by molar-refractivity contribution is -0.115. The summed E-state index contributed by atoms with van der Waals surface area (Å²) in [5.41, 5.74) is 1.75. The van der Waals surface area contributed by atoms with E-state index < -0.39 is 28.7 Å². The number of para-hydroxylation sites is 1. The van der Waals surface area contributed by atoms with E-state index in [0.717, 1.165) is 16.5 Å². The Morgan fingerprint density at radius 2 is 1.89 bits per heavy atom. The van der Waals surface area contributed by atoms with Crippen LogP contribution < -0.4 is 15.4 Å². The summed E-state index contributed by atoms with van der Waals surface area (Å²) >= 11 is 1.41. The second-order valence-corrected chi connectivity index (χ2v) is 12.9. The van der Waals surface area contributed by atoms with Gasteiger partial charge in [-0.15, -0.1) is 11.3 Å². The highest BCUT2D eigenvalue weighted by molar-refractivity contribution is 7.90. The molecule has 204 valence electrons. The molecule has 0 bridgehead atoms. The van der Waals surface area contributed by atoms with Gasteiger partial charge in [-0.3, -0.25) is 0 Å². The number of aryl methyl sites for hydroxylation is 1. The van der Waals surface area contributed by atoms with E-state index in [2.05, 4.69) is 30.3 Å². The Balaban J connectivity index is 1.43. The second kappa shape index (κ2) is 10.4. The van der Waals surface area contributed by atoms with Gasteiger partial charge in [0.05, 0.1) is 26.7 Å². The number of rotatable bonds is 10. The van der Waals surface area contributed by atoms with Gasteiger partial charge < -0.3 is 15.4 Å². The molecule has 0 aliphatic heterocycles. The van der Waals surface area contributed by atoms with E-state index in [1.54, 1.807) is 6.92 Å². The fourth-order valence-corrected chi connectivity index (χ4v) is 7.26. The maximum absolute atomic E-state index is 12.9. The number of sulfonamides is 1. The van der Waals surface area contributed by atoms with Crippen LogP contribution in [0.5, 0.6) is 0 Å². The van der Waals surface area contributed by atoms with Crippen molar-refractivity contribution in [2.45, 2.75) is 50.1 Å². The van der Waals surface area contributed by atoms with Crippen molar-refractivity contribution in [2.24, 2.45) is 11.8 Å². The zero-order valence-corrected chi connectivity index (χ0v) is 22.1. The summed E-state index contributed by atoms with van der Waals surface area (Å²) in [6.45, 7) is 0.609. The predicted octanol–water partition coefficient (Wildman–Crippen LogP) is 4.12. The molecule has 0 amide bonds. The topological polar surface area (TPSA) is 126 Å². The Labute approximate surface area is 221 Å². The van der Waals surface area contributed by atoms with E-state index in [0.29, 0.717) is 41.9 Å². The molecule has 2 aliphatic rings. The largest absolute Gasteiger partial charge is 0.405 e. The third-order valence-electron chi connectivity index (χ3n) is 6.79. The number of fused-ring (bicyclic) bond motifs is 1. The minimum absolute atomic E-state index is 0.0760. The van der Waals surface area contributed by atoms with Crippen LogP contribution in [0.3, 0.4) is 0 Å². The molecule has 5 rings (SSSR count). The van der Waals surface area contributed by atoms with Gasteiger partial charge in [-0.2, -0.15) is 18.2 Å². The van der Waals surface area contributed by atoms with Crippen molar-refractivity contribution in [3.63, 3.8) is 0 Å². The molecule has 0 radical (unpaired) electrons. The zero-order chi connectivity index (χ0) is 27.1.